The van der Waals surface area contributed by atoms with Crippen LogP contribution in [-0.4, -0.2) is 52.1 Å². The van der Waals surface area contributed by atoms with Gasteiger partial charge >= 0.3 is 12.0 Å². The number of fused-ring (bicyclic) bond motifs is 2. The van der Waals surface area contributed by atoms with Crippen LogP contribution >= 0.6 is 0 Å². The van der Waals surface area contributed by atoms with Gasteiger partial charge in [0.1, 0.15) is 6.04 Å². The fraction of sp³-hybridized carbons (Fsp3) is 0.833. The van der Waals surface area contributed by atoms with Crippen LogP contribution in [0.4, 0.5) is 4.79 Å². The standard InChI is InChI=1S/C12H18N2O3/c15-11(16)10-2-1-5-13(10)12(17)14-7-8-3-4-9(14)6-8/h8-10H,1-7H2,(H,15,16)/t8?,9?,10-/m0/s1. The highest BCUT2D eigenvalue weighted by atomic mass is 16.4. The van der Waals surface area contributed by atoms with Gasteiger partial charge in [0.2, 0.25) is 0 Å². The smallest absolute Gasteiger partial charge is 0.326 e. The zero-order chi connectivity index (χ0) is 12.0. The van der Waals surface area contributed by atoms with Gasteiger partial charge in [-0.15, -0.1) is 0 Å². The number of carbonyl (C=O) groups is 2. The molecule has 1 saturated carbocycles. The summed E-state index contributed by atoms with van der Waals surface area (Å²) in [7, 11) is 0. The number of carbonyl (C=O) groups excluding carboxylic acids is 1. The molecule has 0 radical (unpaired) electrons. The Morgan fingerprint density at radius 2 is 1.94 bits per heavy atom. The second-order valence-corrected chi connectivity index (χ2v) is 5.46. The number of urea groups is 1. The van der Waals surface area contributed by atoms with Gasteiger partial charge in [-0.2, -0.15) is 0 Å². The number of carboxylic acids is 1. The van der Waals surface area contributed by atoms with E-state index in [9.17, 15) is 9.59 Å². The molecule has 1 aliphatic carbocycles. The number of aliphatic carboxylic acids is 1. The van der Waals surface area contributed by atoms with Gasteiger partial charge in [-0.1, -0.05) is 0 Å². The van der Waals surface area contributed by atoms with Crippen LogP contribution in [0.3, 0.4) is 0 Å². The summed E-state index contributed by atoms with van der Waals surface area (Å²) in [6.07, 6.45) is 4.86. The van der Waals surface area contributed by atoms with E-state index in [-0.39, 0.29) is 6.03 Å². The maximum Gasteiger partial charge on any atom is 0.326 e. The van der Waals surface area contributed by atoms with E-state index in [0.717, 1.165) is 25.8 Å². The number of carboxylic acid groups (broad SMARTS) is 1. The SMILES string of the molecule is O=C(O)[C@@H]1CCCN1C(=O)N1CC2CCC1C2. The highest BCUT2D eigenvalue weighted by Crippen LogP contribution is 2.38. The first-order chi connectivity index (χ1) is 8.16. The molecule has 0 spiro atoms. The lowest BCUT2D eigenvalue weighted by Gasteiger charge is -2.33. The van der Waals surface area contributed by atoms with Gasteiger partial charge in [-0.25, -0.2) is 9.59 Å². The Kier molecular flexibility index (Phi) is 2.49. The maximum atomic E-state index is 12.3. The van der Waals surface area contributed by atoms with Crippen molar-refractivity contribution in [3.8, 4) is 0 Å². The molecular weight excluding hydrogens is 220 g/mol. The lowest BCUT2D eigenvalue weighted by molar-refractivity contribution is -0.141. The number of piperidine rings is 1. The van der Waals surface area contributed by atoms with Gasteiger partial charge < -0.3 is 14.9 Å². The molecule has 5 nitrogen and oxygen atoms in total. The minimum Gasteiger partial charge on any atom is -0.480 e. The van der Waals surface area contributed by atoms with Gasteiger partial charge in [0.05, 0.1) is 0 Å². The number of amides is 2. The molecule has 0 aromatic carbocycles. The summed E-state index contributed by atoms with van der Waals surface area (Å²) < 4.78 is 0. The molecule has 2 unspecified atom stereocenters. The molecule has 2 aliphatic heterocycles. The molecule has 0 aromatic rings. The van der Waals surface area contributed by atoms with Crippen LogP contribution in [-0.2, 0) is 4.79 Å². The van der Waals surface area contributed by atoms with Crippen LogP contribution < -0.4 is 0 Å². The fourth-order valence-electron chi connectivity index (χ4n) is 3.58. The van der Waals surface area contributed by atoms with Crippen molar-refractivity contribution < 1.29 is 14.7 Å². The topological polar surface area (TPSA) is 60.9 Å². The van der Waals surface area contributed by atoms with Gasteiger partial charge in [-0.3, -0.25) is 0 Å². The molecule has 17 heavy (non-hydrogen) atoms. The molecule has 2 heterocycles. The molecule has 3 aliphatic rings. The number of hydrogen-bond donors (Lipinski definition) is 1. The molecule has 94 valence electrons. The third-order valence-corrected chi connectivity index (χ3v) is 4.44. The molecule has 2 saturated heterocycles. The van der Waals surface area contributed by atoms with Gasteiger partial charge in [0, 0.05) is 19.1 Å². The quantitative estimate of drug-likeness (QED) is 0.745. The Labute approximate surface area is 100 Å². The summed E-state index contributed by atoms with van der Waals surface area (Å²) >= 11 is 0. The van der Waals surface area contributed by atoms with Crippen molar-refractivity contribution in [2.75, 3.05) is 13.1 Å². The lowest BCUT2D eigenvalue weighted by Crippen LogP contribution is -2.50. The number of hydrogen-bond acceptors (Lipinski definition) is 2. The van der Waals surface area contributed by atoms with Crippen LogP contribution in [0.25, 0.3) is 0 Å². The van der Waals surface area contributed by atoms with E-state index in [1.807, 2.05) is 4.90 Å². The zero-order valence-corrected chi connectivity index (χ0v) is 9.84. The molecule has 0 aromatic heterocycles. The first-order valence-corrected chi connectivity index (χ1v) is 6.47. The van der Waals surface area contributed by atoms with E-state index >= 15 is 0 Å². The molecule has 1 N–H and O–H groups in total. The van der Waals surface area contributed by atoms with E-state index < -0.39 is 12.0 Å². The Bertz CT molecular complexity index is 358. The zero-order valence-electron chi connectivity index (χ0n) is 9.84. The van der Waals surface area contributed by atoms with Crippen LogP contribution in [0, 0.1) is 5.92 Å². The predicted molar refractivity (Wildman–Crippen MR) is 60.6 cm³/mol. The van der Waals surface area contributed by atoms with Crippen molar-refractivity contribution >= 4 is 12.0 Å². The van der Waals surface area contributed by atoms with Crippen molar-refractivity contribution in [3.05, 3.63) is 0 Å². The molecule has 2 bridgehead atoms. The summed E-state index contributed by atoms with van der Waals surface area (Å²) in [5.41, 5.74) is 0. The van der Waals surface area contributed by atoms with Crippen molar-refractivity contribution in [3.63, 3.8) is 0 Å². The molecule has 3 fully saturated rings. The van der Waals surface area contributed by atoms with E-state index in [1.54, 1.807) is 4.90 Å². The Balaban J connectivity index is 1.71. The Morgan fingerprint density at radius 1 is 1.12 bits per heavy atom. The number of rotatable bonds is 1. The first-order valence-electron chi connectivity index (χ1n) is 6.47. The highest BCUT2D eigenvalue weighted by molar-refractivity contribution is 5.83. The first kappa shape index (κ1) is 10.9. The third kappa shape index (κ3) is 1.68. The van der Waals surface area contributed by atoms with E-state index in [2.05, 4.69) is 0 Å². The van der Waals surface area contributed by atoms with Crippen molar-refractivity contribution in [2.24, 2.45) is 5.92 Å². The third-order valence-electron chi connectivity index (χ3n) is 4.44. The van der Waals surface area contributed by atoms with Crippen molar-refractivity contribution in [1.82, 2.24) is 9.80 Å². The maximum absolute atomic E-state index is 12.3. The molecular formula is C12H18N2O3. The summed E-state index contributed by atoms with van der Waals surface area (Å²) in [5.74, 6) is -0.199. The molecule has 2 amide bonds. The molecule has 3 rings (SSSR count). The second kappa shape index (κ2) is 3.89. The van der Waals surface area contributed by atoms with Crippen LogP contribution in [0.2, 0.25) is 0 Å². The second-order valence-electron chi connectivity index (χ2n) is 5.46. The average Bonchev–Trinajstić information content (AvgIpc) is 3.02. The summed E-state index contributed by atoms with van der Waals surface area (Å²) in [6.45, 7) is 1.44. The van der Waals surface area contributed by atoms with Gasteiger partial charge in [0.15, 0.2) is 0 Å². The van der Waals surface area contributed by atoms with Crippen molar-refractivity contribution in [2.45, 2.75) is 44.2 Å². The Hall–Kier alpha value is -1.26. The normalized spacial score (nSPS) is 35.6. The highest BCUT2D eigenvalue weighted by Gasteiger charge is 2.44. The van der Waals surface area contributed by atoms with Crippen molar-refractivity contribution in [1.29, 1.82) is 0 Å². The Morgan fingerprint density at radius 3 is 2.53 bits per heavy atom. The predicted octanol–water partition coefficient (Wildman–Crippen LogP) is 1.14. The fourth-order valence-corrected chi connectivity index (χ4v) is 3.58. The van der Waals surface area contributed by atoms with E-state index in [4.69, 9.17) is 5.11 Å². The minimum atomic E-state index is -0.861. The van der Waals surface area contributed by atoms with E-state index in [1.165, 1.54) is 6.42 Å². The molecule has 3 atom stereocenters. The molecule has 5 heteroatoms. The number of likely N-dealkylation sites (tertiary alicyclic amines) is 2. The average molecular weight is 238 g/mol. The lowest BCUT2D eigenvalue weighted by atomic mass is 10.1. The minimum absolute atomic E-state index is 0.0397. The van der Waals surface area contributed by atoms with Gasteiger partial charge in [-0.05, 0) is 38.0 Å². The largest absolute Gasteiger partial charge is 0.480 e. The van der Waals surface area contributed by atoms with Crippen LogP contribution in [0.1, 0.15) is 32.1 Å². The van der Waals surface area contributed by atoms with Crippen LogP contribution in [0.5, 0.6) is 0 Å². The summed E-state index contributed by atoms with van der Waals surface area (Å²) in [5, 5.41) is 9.09. The number of nitrogens with zero attached hydrogens (tertiary/aromatic N) is 2. The van der Waals surface area contributed by atoms with Gasteiger partial charge in [0.25, 0.3) is 0 Å². The summed E-state index contributed by atoms with van der Waals surface area (Å²) in [4.78, 5) is 26.9. The van der Waals surface area contributed by atoms with E-state index in [0.29, 0.717) is 24.9 Å². The monoisotopic (exact) mass is 238 g/mol. The van der Waals surface area contributed by atoms with Crippen LogP contribution in [0.15, 0.2) is 0 Å². The summed E-state index contributed by atoms with van der Waals surface area (Å²) in [6, 6.07) is -0.258.